The monoisotopic (exact) mass is 287 g/mol. The predicted octanol–water partition coefficient (Wildman–Crippen LogP) is 2.11. The molecule has 0 amide bonds. The molecule has 0 radical (unpaired) electrons. The van der Waals surface area contributed by atoms with E-state index < -0.39 is 0 Å². The largest absolute Gasteiger partial charge is 0.351 e. The normalized spacial score (nSPS) is 22.0. The SMILES string of the molecule is Fc1cc(Cl)cnc1N1CC(N2CCSCC2)C1. The topological polar surface area (TPSA) is 19.4 Å². The molecule has 2 saturated heterocycles. The highest BCUT2D eigenvalue weighted by molar-refractivity contribution is 7.99. The number of aromatic nitrogens is 1. The van der Waals surface area contributed by atoms with E-state index in [2.05, 4.69) is 9.88 Å². The van der Waals surface area contributed by atoms with E-state index in [9.17, 15) is 4.39 Å². The van der Waals surface area contributed by atoms with Gasteiger partial charge >= 0.3 is 0 Å². The average molecular weight is 288 g/mol. The molecule has 0 aromatic carbocycles. The Labute approximate surface area is 115 Å². The predicted molar refractivity (Wildman–Crippen MR) is 74.1 cm³/mol. The van der Waals surface area contributed by atoms with Crippen LogP contribution in [0.1, 0.15) is 0 Å². The minimum Gasteiger partial charge on any atom is -0.351 e. The van der Waals surface area contributed by atoms with E-state index in [-0.39, 0.29) is 5.82 Å². The zero-order chi connectivity index (χ0) is 12.5. The molecule has 3 nitrogen and oxygen atoms in total. The van der Waals surface area contributed by atoms with Crippen molar-refractivity contribution in [1.29, 1.82) is 0 Å². The Morgan fingerprint density at radius 1 is 1.33 bits per heavy atom. The van der Waals surface area contributed by atoms with Crippen LogP contribution in [0.3, 0.4) is 0 Å². The smallest absolute Gasteiger partial charge is 0.167 e. The molecule has 98 valence electrons. The molecule has 0 atom stereocenters. The summed E-state index contributed by atoms with van der Waals surface area (Å²) in [4.78, 5) is 8.56. The maximum atomic E-state index is 13.7. The average Bonchev–Trinajstić information content (AvgIpc) is 2.31. The number of anilines is 1. The lowest BCUT2D eigenvalue weighted by molar-refractivity contribution is 0.181. The molecule has 0 bridgehead atoms. The summed E-state index contributed by atoms with van der Waals surface area (Å²) >= 11 is 7.71. The lowest BCUT2D eigenvalue weighted by atomic mass is 10.1. The van der Waals surface area contributed by atoms with E-state index in [4.69, 9.17) is 11.6 Å². The van der Waals surface area contributed by atoms with Gasteiger partial charge < -0.3 is 4.90 Å². The molecule has 18 heavy (non-hydrogen) atoms. The van der Waals surface area contributed by atoms with Gasteiger partial charge in [-0.25, -0.2) is 9.37 Å². The zero-order valence-corrected chi connectivity index (χ0v) is 11.6. The molecule has 2 fully saturated rings. The van der Waals surface area contributed by atoms with Crippen LogP contribution >= 0.6 is 23.4 Å². The molecule has 6 heteroatoms. The van der Waals surface area contributed by atoms with Gasteiger partial charge in [0.2, 0.25) is 0 Å². The van der Waals surface area contributed by atoms with E-state index in [0.29, 0.717) is 16.9 Å². The van der Waals surface area contributed by atoms with Gasteiger partial charge in [-0.2, -0.15) is 11.8 Å². The molecule has 0 saturated carbocycles. The Morgan fingerprint density at radius 3 is 2.72 bits per heavy atom. The highest BCUT2D eigenvalue weighted by Crippen LogP contribution is 2.27. The Morgan fingerprint density at radius 2 is 2.06 bits per heavy atom. The van der Waals surface area contributed by atoms with E-state index in [1.165, 1.54) is 23.8 Å². The van der Waals surface area contributed by atoms with Crippen molar-refractivity contribution < 1.29 is 4.39 Å². The van der Waals surface area contributed by atoms with Gasteiger partial charge in [0.1, 0.15) is 0 Å². The quantitative estimate of drug-likeness (QED) is 0.829. The second-order valence-corrected chi connectivity index (χ2v) is 6.33. The lowest BCUT2D eigenvalue weighted by Gasteiger charge is -2.47. The van der Waals surface area contributed by atoms with Crippen molar-refractivity contribution in [3.8, 4) is 0 Å². The number of hydrogen-bond donors (Lipinski definition) is 0. The fraction of sp³-hybridized carbons (Fsp3) is 0.583. The maximum absolute atomic E-state index is 13.7. The molecule has 2 aliphatic rings. The summed E-state index contributed by atoms with van der Waals surface area (Å²) in [5.41, 5.74) is 0. The van der Waals surface area contributed by atoms with E-state index in [0.717, 1.165) is 26.2 Å². The third-order valence-electron chi connectivity index (χ3n) is 3.51. The molecule has 0 N–H and O–H groups in total. The van der Waals surface area contributed by atoms with Crippen LogP contribution in [0, 0.1) is 5.82 Å². The van der Waals surface area contributed by atoms with Gasteiger partial charge in [0, 0.05) is 49.9 Å². The van der Waals surface area contributed by atoms with Gasteiger partial charge in [0.15, 0.2) is 11.6 Å². The third-order valence-corrected chi connectivity index (χ3v) is 4.66. The summed E-state index contributed by atoms with van der Waals surface area (Å²) in [5.74, 6) is 2.53. The Balaban J connectivity index is 1.61. The number of rotatable bonds is 2. The molecule has 0 spiro atoms. The first kappa shape index (κ1) is 12.5. The molecule has 3 rings (SSSR count). The van der Waals surface area contributed by atoms with Crippen molar-refractivity contribution in [3.05, 3.63) is 23.1 Å². The van der Waals surface area contributed by atoms with Crippen molar-refractivity contribution in [2.24, 2.45) is 0 Å². The summed E-state index contributed by atoms with van der Waals surface area (Å²) in [6.07, 6.45) is 1.50. The summed E-state index contributed by atoms with van der Waals surface area (Å²) in [5, 5.41) is 0.348. The molecule has 1 aromatic rings. The van der Waals surface area contributed by atoms with E-state index in [1.54, 1.807) is 0 Å². The Bertz CT molecular complexity index is 433. The Hall–Kier alpha value is -0.520. The summed E-state index contributed by atoms with van der Waals surface area (Å²) in [6.45, 7) is 4.05. The van der Waals surface area contributed by atoms with Crippen LogP contribution in [0.5, 0.6) is 0 Å². The number of nitrogens with zero attached hydrogens (tertiary/aromatic N) is 3. The minimum atomic E-state index is -0.324. The first-order valence-corrected chi connectivity index (χ1v) is 7.65. The third kappa shape index (κ3) is 2.44. The summed E-state index contributed by atoms with van der Waals surface area (Å²) in [7, 11) is 0. The molecule has 3 heterocycles. The van der Waals surface area contributed by atoms with Crippen LogP contribution in [0.25, 0.3) is 0 Å². The van der Waals surface area contributed by atoms with Gasteiger partial charge in [0.25, 0.3) is 0 Å². The van der Waals surface area contributed by atoms with Crippen LogP contribution in [0.2, 0.25) is 5.02 Å². The number of hydrogen-bond acceptors (Lipinski definition) is 4. The fourth-order valence-corrected chi connectivity index (χ4v) is 3.52. The van der Waals surface area contributed by atoms with Gasteiger partial charge in [-0.15, -0.1) is 0 Å². The van der Waals surface area contributed by atoms with Crippen LogP contribution in [0.4, 0.5) is 10.2 Å². The van der Waals surface area contributed by atoms with Crippen molar-refractivity contribution >= 4 is 29.2 Å². The van der Waals surface area contributed by atoms with Crippen molar-refractivity contribution in [2.45, 2.75) is 6.04 Å². The second kappa shape index (κ2) is 5.23. The molecule has 2 aliphatic heterocycles. The Kier molecular flexibility index (Phi) is 3.63. The summed E-state index contributed by atoms with van der Waals surface area (Å²) in [6, 6.07) is 1.89. The molecule has 0 aliphatic carbocycles. The second-order valence-electron chi connectivity index (χ2n) is 4.67. The van der Waals surface area contributed by atoms with E-state index in [1.807, 2.05) is 16.7 Å². The number of pyridine rings is 1. The summed E-state index contributed by atoms with van der Waals surface area (Å²) < 4.78 is 13.7. The van der Waals surface area contributed by atoms with Crippen molar-refractivity contribution in [2.75, 3.05) is 42.6 Å². The standard InChI is InChI=1S/C12H15ClFN3S/c13-9-5-11(14)12(15-6-9)17-7-10(8-17)16-1-3-18-4-2-16/h5-6,10H,1-4,7-8H2. The molecule has 0 unspecified atom stereocenters. The molecular weight excluding hydrogens is 273 g/mol. The van der Waals surface area contributed by atoms with Gasteiger partial charge in [-0.1, -0.05) is 11.6 Å². The maximum Gasteiger partial charge on any atom is 0.167 e. The number of halogens is 2. The number of thioether (sulfide) groups is 1. The fourth-order valence-electron chi connectivity index (χ4n) is 2.44. The molecule has 1 aromatic heterocycles. The van der Waals surface area contributed by atoms with E-state index >= 15 is 0 Å². The lowest BCUT2D eigenvalue weighted by Crippen LogP contribution is -2.61. The zero-order valence-electron chi connectivity index (χ0n) is 9.98. The highest BCUT2D eigenvalue weighted by Gasteiger charge is 2.34. The van der Waals surface area contributed by atoms with Crippen LogP contribution in [0.15, 0.2) is 12.3 Å². The van der Waals surface area contributed by atoms with Crippen LogP contribution in [-0.4, -0.2) is 53.6 Å². The van der Waals surface area contributed by atoms with Gasteiger partial charge in [-0.3, -0.25) is 4.90 Å². The van der Waals surface area contributed by atoms with Crippen LogP contribution in [-0.2, 0) is 0 Å². The minimum absolute atomic E-state index is 0.324. The van der Waals surface area contributed by atoms with Crippen molar-refractivity contribution in [1.82, 2.24) is 9.88 Å². The molecular formula is C12H15ClFN3S. The first-order chi connectivity index (χ1) is 8.74. The van der Waals surface area contributed by atoms with Crippen LogP contribution < -0.4 is 4.90 Å². The van der Waals surface area contributed by atoms with Gasteiger partial charge in [-0.05, 0) is 6.07 Å². The highest BCUT2D eigenvalue weighted by atomic mass is 35.5. The van der Waals surface area contributed by atoms with Crippen molar-refractivity contribution in [3.63, 3.8) is 0 Å². The van der Waals surface area contributed by atoms with Gasteiger partial charge in [0.05, 0.1) is 5.02 Å². The first-order valence-electron chi connectivity index (χ1n) is 6.12.